The van der Waals surface area contributed by atoms with Crippen molar-refractivity contribution in [1.29, 1.82) is 0 Å². The summed E-state index contributed by atoms with van der Waals surface area (Å²) in [7, 11) is 2.19. The number of pyridine rings is 1. The number of aromatic nitrogens is 1. The highest BCUT2D eigenvalue weighted by Crippen LogP contribution is 2.37. The summed E-state index contributed by atoms with van der Waals surface area (Å²) in [6, 6.07) is 4.90. The van der Waals surface area contributed by atoms with Crippen LogP contribution in [0.5, 0.6) is 0 Å². The number of hydrogen-bond donors (Lipinski definition) is 1. The second-order valence-electron chi connectivity index (χ2n) is 6.89. The van der Waals surface area contributed by atoms with Crippen molar-refractivity contribution in [3.8, 4) is 0 Å². The molecule has 1 aromatic heterocycles. The molecule has 0 spiro atoms. The lowest BCUT2D eigenvalue weighted by atomic mass is 9.75. The van der Waals surface area contributed by atoms with Crippen molar-refractivity contribution in [3.05, 3.63) is 23.4 Å². The van der Waals surface area contributed by atoms with Gasteiger partial charge in [-0.25, -0.2) is 4.98 Å². The lowest BCUT2D eigenvalue weighted by Crippen LogP contribution is -2.37. The lowest BCUT2D eigenvalue weighted by molar-refractivity contribution is 0.222. The topological polar surface area (TPSA) is 42.1 Å². The van der Waals surface area contributed by atoms with Gasteiger partial charge < -0.3 is 10.6 Å². The fraction of sp³-hybridized carbons (Fsp3) is 0.706. The minimum absolute atomic E-state index is 0.512. The molecule has 1 aliphatic rings. The first-order chi connectivity index (χ1) is 9.45. The van der Waals surface area contributed by atoms with E-state index < -0.39 is 0 Å². The number of aryl methyl sites for hydroxylation is 1. The number of anilines is 1. The normalized spacial score (nSPS) is 19.1. The summed E-state index contributed by atoms with van der Waals surface area (Å²) in [5.74, 6) is 1.09. The summed E-state index contributed by atoms with van der Waals surface area (Å²) in [6.45, 7) is 7.50. The molecule has 3 nitrogen and oxygen atoms in total. The molecular formula is C17H29N3. The van der Waals surface area contributed by atoms with Gasteiger partial charge in [0.25, 0.3) is 0 Å². The quantitative estimate of drug-likeness (QED) is 0.914. The van der Waals surface area contributed by atoms with Crippen LogP contribution in [0.2, 0.25) is 0 Å². The van der Waals surface area contributed by atoms with E-state index in [2.05, 4.69) is 44.9 Å². The minimum atomic E-state index is 0.512. The summed E-state index contributed by atoms with van der Waals surface area (Å²) < 4.78 is 0. The van der Waals surface area contributed by atoms with E-state index in [1.54, 1.807) is 0 Å². The Morgan fingerprint density at radius 1 is 1.30 bits per heavy atom. The smallest absolute Gasteiger partial charge is 0.129 e. The molecule has 1 heterocycles. The fourth-order valence-electron chi connectivity index (χ4n) is 3.07. The van der Waals surface area contributed by atoms with E-state index in [0.29, 0.717) is 18.0 Å². The molecule has 2 rings (SSSR count). The second-order valence-corrected chi connectivity index (χ2v) is 6.89. The third-order valence-electron chi connectivity index (χ3n) is 4.74. The summed E-state index contributed by atoms with van der Waals surface area (Å²) in [6.07, 6.45) is 6.10. The summed E-state index contributed by atoms with van der Waals surface area (Å²) in [5, 5.41) is 0. The molecule has 20 heavy (non-hydrogen) atoms. The molecule has 0 aliphatic heterocycles. The van der Waals surface area contributed by atoms with Crippen LogP contribution in [-0.4, -0.2) is 18.1 Å². The van der Waals surface area contributed by atoms with Gasteiger partial charge in [0.1, 0.15) is 5.82 Å². The van der Waals surface area contributed by atoms with Crippen LogP contribution >= 0.6 is 0 Å². The third kappa shape index (κ3) is 3.51. The van der Waals surface area contributed by atoms with E-state index in [1.807, 2.05) is 0 Å². The van der Waals surface area contributed by atoms with Crippen LogP contribution in [0, 0.1) is 5.41 Å². The molecule has 0 bridgehead atoms. The van der Waals surface area contributed by atoms with Crippen LogP contribution in [-0.2, 0) is 13.0 Å². The molecule has 0 unspecified atom stereocenters. The van der Waals surface area contributed by atoms with Crippen LogP contribution < -0.4 is 10.6 Å². The van der Waals surface area contributed by atoms with Crippen LogP contribution in [0.3, 0.4) is 0 Å². The maximum atomic E-state index is 5.81. The average molecular weight is 275 g/mol. The lowest BCUT2D eigenvalue weighted by Gasteiger charge is -2.39. The van der Waals surface area contributed by atoms with Crippen LogP contribution in [0.1, 0.15) is 57.7 Å². The van der Waals surface area contributed by atoms with Gasteiger partial charge in [-0.3, -0.25) is 0 Å². The Balaban J connectivity index is 2.14. The zero-order chi connectivity index (χ0) is 14.8. The second kappa shape index (κ2) is 6.13. The maximum Gasteiger partial charge on any atom is 0.129 e. The van der Waals surface area contributed by atoms with E-state index >= 15 is 0 Å². The Bertz CT molecular complexity index is 421. The summed E-state index contributed by atoms with van der Waals surface area (Å²) in [4.78, 5) is 7.15. The van der Waals surface area contributed by atoms with E-state index in [1.165, 1.54) is 31.2 Å². The third-order valence-corrected chi connectivity index (χ3v) is 4.74. The molecule has 0 atom stereocenters. The minimum Gasteiger partial charge on any atom is -0.357 e. The fourth-order valence-corrected chi connectivity index (χ4v) is 3.07. The molecule has 1 saturated carbocycles. The molecule has 2 N–H and O–H groups in total. The first-order valence-corrected chi connectivity index (χ1v) is 7.88. The van der Waals surface area contributed by atoms with Gasteiger partial charge in [-0.05, 0) is 55.2 Å². The molecule has 0 amide bonds. The van der Waals surface area contributed by atoms with Crippen LogP contribution in [0.25, 0.3) is 0 Å². The molecule has 0 aromatic carbocycles. The average Bonchev–Trinajstić information content (AvgIpc) is 2.46. The van der Waals surface area contributed by atoms with Gasteiger partial charge in [-0.1, -0.05) is 20.8 Å². The molecule has 1 fully saturated rings. The Labute approximate surface area is 123 Å². The van der Waals surface area contributed by atoms with Crippen LogP contribution in [0.15, 0.2) is 12.1 Å². The van der Waals surface area contributed by atoms with E-state index in [0.717, 1.165) is 17.9 Å². The molecule has 0 saturated heterocycles. The molecule has 3 heteroatoms. The largest absolute Gasteiger partial charge is 0.357 e. The van der Waals surface area contributed by atoms with Crippen molar-refractivity contribution in [2.24, 2.45) is 11.1 Å². The number of hydrogen-bond acceptors (Lipinski definition) is 3. The highest BCUT2D eigenvalue weighted by molar-refractivity contribution is 5.43. The molecule has 1 aliphatic carbocycles. The van der Waals surface area contributed by atoms with Crippen molar-refractivity contribution in [2.75, 3.05) is 11.9 Å². The predicted octanol–water partition coefficient (Wildman–Crippen LogP) is 3.51. The van der Waals surface area contributed by atoms with E-state index in [-0.39, 0.29) is 0 Å². The predicted molar refractivity (Wildman–Crippen MR) is 85.9 cm³/mol. The first-order valence-electron chi connectivity index (χ1n) is 7.88. The standard InChI is InChI=1S/C17H29N3/c1-5-14-10-13(12-18)11-16(19-14)20(4)15-6-8-17(2,3)9-7-15/h10-11,15H,5-9,12,18H2,1-4H3. The highest BCUT2D eigenvalue weighted by Gasteiger charge is 2.29. The summed E-state index contributed by atoms with van der Waals surface area (Å²) in [5.41, 5.74) is 8.66. The SMILES string of the molecule is CCc1cc(CN)cc(N(C)C2CCC(C)(C)CC2)n1. The number of nitrogens with zero attached hydrogens (tertiary/aromatic N) is 2. The molecule has 0 radical (unpaired) electrons. The molecule has 112 valence electrons. The van der Waals surface area contributed by atoms with Gasteiger partial charge in [0.15, 0.2) is 0 Å². The van der Waals surface area contributed by atoms with Crippen molar-refractivity contribution in [3.63, 3.8) is 0 Å². The number of nitrogens with two attached hydrogens (primary N) is 1. The Morgan fingerprint density at radius 2 is 1.95 bits per heavy atom. The maximum absolute atomic E-state index is 5.81. The summed E-state index contributed by atoms with van der Waals surface area (Å²) >= 11 is 0. The number of rotatable bonds is 4. The first kappa shape index (κ1) is 15.3. The zero-order valence-corrected chi connectivity index (χ0v) is 13.4. The van der Waals surface area contributed by atoms with Gasteiger partial charge in [0.05, 0.1) is 0 Å². The van der Waals surface area contributed by atoms with Crippen LogP contribution in [0.4, 0.5) is 5.82 Å². The Kier molecular flexibility index (Phi) is 4.69. The van der Waals surface area contributed by atoms with Crippen molar-refractivity contribution < 1.29 is 0 Å². The highest BCUT2D eigenvalue weighted by atomic mass is 15.2. The molecule has 1 aromatic rings. The van der Waals surface area contributed by atoms with Gasteiger partial charge in [0.2, 0.25) is 0 Å². The van der Waals surface area contributed by atoms with E-state index in [9.17, 15) is 0 Å². The Hall–Kier alpha value is -1.09. The van der Waals surface area contributed by atoms with Gasteiger partial charge in [-0.15, -0.1) is 0 Å². The van der Waals surface area contributed by atoms with E-state index in [4.69, 9.17) is 10.7 Å². The zero-order valence-electron chi connectivity index (χ0n) is 13.4. The van der Waals surface area contributed by atoms with Crippen molar-refractivity contribution >= 4 is 5.82 Å². The van der Waals surface area contributed by atoms with Gasteiger partial charge in [0, 0.05) is 25.3 Å². The van der Waals surface area contributed by atoms with Gasteiger partial charge >= 0.3 is 0 Å². The Morgan fingerprint density at radius 3 is 2.50 bits per heavy atom. The monoisotopic (exact) mass is 275 g/mol. The van der Waals surface area contributed by atoms with Crippen molar-refractivity contribution in [1.82, 2.24) is 4.98 Å². The van der Waals surface area contributed by atoms with Gasteiger partial charge in [-0.2, -0.15) is 0 Å². The van der Waals surface area contributed by atoms with Crippen molar-refractivity contribution in [2.45, 2.75) is 65.5 Å². The molecular weight excluding hydrogens is 246 g/mol.